The van der Waals surface area contributed by atoms with Gasteiger partial charge in [-0.1, -0.05) is 44.0 Å². The number of aryl methyl sites for hydroxylation is 2. The number of aliphatic hydroxyl groups is 1. The molecule has 0 spiro atoms. The lowest BCUT2D eigenvalue weighted by atomic mass is 9.81. The molecule has 0 aliphatic heterocycles. The zero-order valence-corrected chi connectivity index (χ0v) is 10.6. The third-order valence-electron chi connectivity index (χ3n) is 4.04. The summed E-state index contributed by atoms with van der Waals surface area (Å²) in [6.07, 6.45) is 4.17. The van der Waals surface area contributed by atoms with Crippen LogP contribution in [0.3, 0.4) is 0 Å². The van der Waals surface area contributed by atoms with Gasteiger partial charge in [-0.05, 0) is 43.2 Å². The predicted octanol–water partition coefficient (Wildman–Crippen LogP) is 3.57. The van der Waals surface area contributed by atoms with E-state index in [0.717, 1.165) is 25.7 Å². The molecule has 1 aliphatic carbocycles. The van der Waals surface area contributed by atoms with Crippen molar-refractivity contribution < 1.29 is 5.11 Å². The molecule has 16 heavy (non-hydrogen) atoms. The number of hydrogen-bond donors (Lipinski definition) is 1. The van der Waals surface area contributed by atoms with Crippen molar-refractivity contribution in [2.45, 2.75) is 52.1 Å². The van der Waals surface area contributed by atoms with Crippen LogP contribution in [0.15, 0.2) is 18.2 Å². The lowest BCUT2D eigenvalue weighted by molar-refractivity contribution is -0.0189. The maximum atomic E-state index is 10.9. The lowest BCUT2D eigenvalue weighted by Gasteiger charge is -2.31. The van der Waals surface area contributed by atoms with Crippen LogP contribution in [-0.4, -0.2) is 5.11 Å². The second-order valence-electron chi connectivity index (χ2n) is 5.27. The minimum Gasteiger partial charge on any atom is -0.385 e. The molecule has 2 rings (SSSR count). The van der Waals surface area contributed by atoms with Gasteiger partial charge in [0.2, 0.25) is 0 Å². The summed E-state index contributed by atoms with van der Waals surface area (Å²) in [5.74, 6) is 0.362. The zero-order valence-electron chi connectivity index (χ0n) is 10.6. The van der Waals surface area contributed by atoms with Gasteiger partial charge < -0.3 is 5.11 Å². The number of fused-ring (bicyclic) bond motifs is 1. The zero-order chi connectivity index (χ0) is 11.8. The summed E-state index contributed by atoms with van der Waals surface area (Å²) in [6, 6.07) is 6.50. The normalized spacial score (nSPS) is 25.5. The SMILES string of the molecule is CCCC(C)C1(O)CCc2ccc(C)cc21. The average Bonchev–Trinajstić information content (AvgIpc) is 2.58. The molecule has 88 valence electrons. The summed E-state index contributed by atoms with van der Waals surface area (Å²) in [6.45, 7) is 6.47. The summed E-state index contributed by atoms with van der Waals surface area (Å²) in [5.41, 5.74) is 3.21. The number of hydrogen-bond acceptors (Lipinski definition) is 1. The van der Waals surface area contributed by atoms with Gasteiger partial charge in [0.25, 0.3) is 0 Å². The summed E-state index contributed by atoms with van der Waals surface area (Å²) in [7, 11) is 0. The molecule has 2 atom stereocenters. The maximum Gasteiger partial charge on any atom is 0.0927 e. The van der Waals surface area contributed by atoms with Gasteiger partial charge >= 0.3 is 0 Å². The first-order valence-electron chi connectivity index (χ1n) is 6.40. The van der Waals surface area contributed by atoms with Gasteiger partial charge in [0.1, 0.15) is 0 Å². The molecule has 0 amide bonds. The van der Waals surface area contributed by atoms with E-state index in [1.807, 2.05) is 0 Å². The molecular weight excluding hydrogens is 196 g/mol. The average molecular weight is 218 g/mol. The van der Waals surface area contributed by atoms with E-state index in [9.17, 15) is 5.11 Å². The molecule has 1 aliphatic rings. The van der Waals surface area contributed by atoms with Crippen molar-refractivity contribution in [2.24, 2.45) is 5.92 Å². The smallest absolute Gasteiger partial charge is 0.0927 e. The molecule has 0 saturated heterocycles. The van der Waals surface area contributed by atoms with Gasteiger partial charge in [-0.25, -0.2) is 0 Å². The van der Waals surface area contributed by atoms with E-state index < -0.39 is 5.60 Å². The first-order chi connectivity index (χ1) is 7.58. The topological polar surface area (TPSA) is 20.2 Å². The Morgan fingerprint density at radius 2 is 2.19 bits per heavy atom. The van der Waals surface area contributed by atoms with Crippen LogP contribution in [0.2, 0.25) is 0 Å². The Bertz CT molecular complexity index is 383. The molecule has 1 heteroatoms. The molecule has 1 N–H and O–H groups in total. The highest BCUT2D eigenvalue weighted by Crippen LogP contribution is 2.43. The van der Waals surface area contributed by atoms with E-state index in [1.54, 1.807) is 0 Å². The van der Waals surface area contributed by atoms with Crippen LogP contribution in [0.4, 0.5) is 0 Å². The van der Waals surface area contributed by atoms with E-state index in [-0.39, 0.29) is 0 Å². The fraction of sp³-hybridized carbons (Fsp3) is 0.600. The van der Waals surface area contributed by atoms with E-state index >= 15 is 0 Å². The molecule has 0 saturated carbocycles. The minimum absolute atomic E-state index is 0.362. The van der Waals surface area contributed by atoms with Crippen LogP contribution >= 0.6 is 0 Å². The Hall–Kier alpha value is -0.820. The molecule has 0 bridgehead atoms. The van der Waals surface area contributed by atoms with E-state index in [4.69, 9.17) is 0 Å². The number of benzene rings is 1. The van der Waals surface area contributed by atoms with Gasteiger partial charge in [0.05, 0.1) is 5.60 Å². The van der Waals surface area contributed by atoms with Crippen LogP contribution in [0.1, 0.15) is 49.8 Å². The highest BCUT2D eigenvalue weighted by atomic mass is 16.3. The predicted molar refractivity (Wildman–Crippen MR) is 67.5 cm³/mol. The Balaban J connectivity index is 2.37. The summed E-state index contributed by atoms with van der Waals surface area (Å²) < 4.78 is 0. The van der Waals surface area contributed by atoms with Gasteiger partial charge in [-0.2, -0.15) is 0 Å². The van der Waals surface area contributed by atoms with Crippen molar-refractivity contribution in [1.82, 2.24) is 0 Å². The second kappa shape index (κ2) is 4.21. The molecule has 0 radical (unpaired) electrons. The maximum absolute atomic E-state index is 10.9. The summed E-state index contributed by atoms with van der Waals surface area (Å²) >= 11 is 0. The first-order valence-corrected chi connectivity index (χ1v) is 6.40. The molecule has 0 heterocycles. The van der Waals surface area contributed by atoms with Crippen LogP contribution in [0, 0.1) is 12.8 Å². The Labute approximate surface area is 98.5 Å². The van der Waals surface area contributed by atoms with Crippen molar-refractivity contribution in [3.8, 4) is 0 Å². The van der Waals surface area contributed by atoms with Crippen molar-refractivity contribution in [1.29, 1.82) is 0 Å². The highest BCUT2D eigenvalue weighted by molar-refractivity contribution is 5.40. The fourth-order valence-electron chi connectivity index (χ4n) is 2.95. The van der Waals surface area contributed by atoms with Gasteiger partial charge in [-0.15, -0.1) is 0 Å². The monoisotopic (exact) mass is 218 g/mol. The lowest BCUT2D eigenvalue weighted by Crippen LogP contribution is -2.30. The van der Waals surface area contributed by atoms with Crippen molar-refractivity contribution in [2.75, 3.05) is 0 Å². The molecule has 2 unspecified atom stereocenters. The second-order valence-corrected chi connectivity index (χ2v) is 5.27. The standard InChI is InChI=1S/C15H22O/c1-4-5-12(3)15(16)9-8-13-7-6-11(2)10-14(13)15/h6-7,10,12,16H,4-5,8-9H2,1-3H3. The van der Waals surface area contributed by atoms with Gasteiger partial charge in [0, 0.05) is 0 Å². The largest absolute Gasteiger partial charge is 0.385 e. The Kier molecular flexibility index (Phi) is 3.07. The van der Waals surface area contributed by atoms with Crippen molar-refractivity contribution in [3.05, 3.63) is 34.9 Å². The molecule has 0 fully saturated rings. The Morgan fingerprint density at radius 1 is 1.44 bits per heavy atom. The van der Waals surface area contributed by atoms with Crippen LogP contribution in [-0.2, 0) is 12.0 Å². The van der Waals surface area contributed by atoms with Crippen LogP contribution in [0.25, 0.3) is 0 Å². The van der Waals surface area contributed by atoms with Crippen LogP contribution < -0.4 is 0 Å². The summed E-state index contributed by atoms with van der Waals surface area (Å²) in [4.78, 5) is 0. The van der Waals surface area contributed by atoms with Gasteiger partial charge in [-0.3, -0.25) is 0 Å². The Morgan fingerprint density at radius 3 is 2.88 bits per heavy atom. The number of rotatable bonds is 3. The summed E-state index contributed by atoms with van der Waals surface area (Å²) in [5, 5.41) is 10.9. The molecule has 1 aromatic rings. The van der Waals surface area contributed by atoms with E-state index in [0.29, 0.717) is 5.92 Å². The van der Waals surface area contributed by atoms with Crippen LogP contribution in [0.5, 0.6) is 0 Å². The highest BCUT2D eigenvalue weighted by Gasteiger charge is 2.40. The fourth-order valence-corrected chi connectivity index (χ4v) is 2.95. The van der Waals surface area contributed by atoms with E-state index in [2.05, 4.69) is 39.0 Å². The molecular formula is C15H22O. The minimum atomic E-state index is -0.572. The third-order valence-corrected chi connectivity index (χ3v) is 4.04. The molecule has 1 nitrogen and oxygen atoms in total. The quantitative estimate of drug-likeness (QED) is 0.822. The molecule has 1 aromatic carbocycles. The van der Waals surface area contributed by atoms with Crippen molar-refractivity contribution >= 4 is 0 Å². The van der Waals surface area contributed by atoms with Gasteiger partial charge in [0.15, 0.2) is 0 Å². The van der Waals surface area contributed by atoms with Crippen molar-refractivity contribution in [3.63, 3.8) is 0 Å². The third kappa shape index (κ3) is 1.78. The molecule has 0 aromatic heterocycles. The first kappa shape index (κ1) is 11.7. The van der Waals surface area contributed by atoms with E-state index in [1.165, 1.54) is 16.7 Å².